The molecule has 3 heteroatoms. The van der Waals surface area contributed by atoms with Crippen molar-refractivity contribution in [2.45, 2.75) is 19.2 Å². The van der Waals surface area contributed by atoms with Gasteiger partial charge in [0.25, 0.3) is 0 Å². The summed E-state index contributed by atoms with van der Waals surface area (Å²) in [6, 6.07) is 9.89. The maximum atomic E-state index is 5.84. The zero-order chi connectivity index (χ0) is 12.1. The van der Waals surface area contributed by atoms with Gasteiger partial charge in [-0.1, -0.05) is 19.1 Å². The Balaban J connectivity index is 2.24. The first kappa shape index (κ1) is 11.9. The highest BCUT2D eigenvalue weighted by Gasteiger charge is 2.04. The Labute approximate surface area is 106 Å². The minimum absolute atomic E-state index is 0.399. The predicted octanol–water partition coefficient (Wildman–Crippen LogP) is 4.18. The second-order valence-corrected chi connectivity index (χ2v) is 3.99. The van der Waals surface area contributed by atoms with Crippen molar-refractivity contribution in [1.82, 2.24) is 4.98 Å². The lowest BCUT2D eigenvalue weighted by atomic mass is 10.2. The summed E-state index contributed by atoms with van der Waals surface area (Å²) >= 11 is 5.84. The minimum Gasteiger partial charge on any atom is -0.457 e. The van der Waals surface area contributed by atoms with E-state index in [1.54, 1.807) is 12.4 Å². The van der Waals surface area contributed by atoms with E-state index >= 15 is 0 Å². The summed E-state index contributed by atoms with van der Waals surface area (Å²) < 4.78 is 5.82. The maximum absolute atomic E-state index is 5.84. The first-order valence-electron chi connectivity index (χ1n) is 5.59. The molecule has 1 aromatic carbocycles. The molecule has 2 aromatic rings. The molecular formula is C14H14ClNO. The molecule has 0 spiro atoms. The topological polar surface area (TPSA) is 22.1 Å². The lowest BCUT2D eigenvalue weighted by Gasteiger charge is -2.09. The van der Waals surface area contributed by atoms with Gasteiger partial charge in [-0.05, 0) is 30.2 Å². The highest BCUT2D eigenvalue weighted by molar-refractivity contribution is 6.17. The molecule has 0 aliphatic heterocycles. The van der Waals surface area contributed by atoms with Crippen LogP contribution in [0.5, 0.6) is 11.5 Å². The van der Waals surface area contributed by atoms with Crippen LogP contribution in [0.15, 0.2) is 42.7 Å². The zero-order valence-corrected chi connectivity index (χ0v) is 10.4. The SMILES string of the molecule is CCc1cccc(Oc2ccncc2CCl)c1. The van der Waals surface area contributed by atoms with Crippen molar-refractivity contribution in [3.05, 3.63) is 53.9 Å². The third-order valence-corrected chi connectivity index (χ3v) is 2.83. The Hall–Kier alpha value is -1.54. The molecule has 0 saturated carbocycles. The largest absolute Gasteiger partial charge is 0.457 e. The first-order chi connectivity index (χ1) is 8.33. The average Bonchev–Trinajstić information content (AvgIpc) is 2.39. The predicted molar refractivity (Wildman–Crippen MR) is 69.7 cm³/mol. The van der Waals surface area contributed by atoms with Gasteiger partial charge in [0, 0.05) is 18.0 Å². The van der Waals surface area contributed by atoms with E-state index in [0.717, 1.165) is 23.5 Å². The number of rotatable bonds is 4. The third-order valence-electron chi connectivity index (χ3n) is 2.54. The molecule has 0 bridgehead atoms. The molecule has 0 fully saturated rings. The molecule has 0 radical (unpaired) electrons. The molecule has 0 aliphatic rings. The summed E-state index contributed by atoms with van der Waals surface area (Å²) in [6.45, 7) is 2.12. The van der Waals surface area contributed by atoms with Gasteiger partial charge in [0.2, 0.25) is 0 Å². The number of nitrogens with zero attached hydrogens (tertiary/aromatic N) is 1. The van der Waals surface area contributed by atoms with Crippen LogP contribution in [-0.2, 0) is 12.3 Å². The van der Waals surface area contributed by atoms with E-state index < -0.39 is 0 Å². The van der Waals surface area contributed by atoms with Crippen LogP contribution in [0.25, 0.3) is 0 Å². The van der Waals surface area contributed by atoms with E-state index in [9.17, 15) is 0 Å². The van der Waals surface area contributed by atoms with E-state index in [2.05, 4.69) is 18.0 Å². The van der Waals surface area contributed by atoms with Gasteiger partial charge in [0.1, 0.15) is 11.5 Å². The number of hydrogen-bond donors (Lipinski definition) is 0. The molecule has 2 rings (SSSR count). The van der Waals surface area contributed by atoms with Gasteiger partial charge in [-0.2, -0.15) is 0 Å². The molecule has 0 amide bonds. The average molecular weight is 248 g/mol. The van der Waals surface area contributed by atoms with Gasteiger partial charge >= 0.3 is 0 Å². The molecule has 0 atom stereocenters. The van der Waals surface area contributed by atoms with E-state index in [4.69, 9.17) is 16.3 Å². The number of alkyl halides is 1. The molecular weight excluding hydrogens is 234 g/mol. The van der Waals surface area contributed by atoms with Crippen LogP contribution in [0, 0.1) is 0 Å². The highest BCUT2D eigenvalue weighted by atomic mass is 35.5. The lowest BCUT2D eigenvalue weighted by Crippen LogP contribution is -1.91. The normalized spacial score (nSPS) is 10.2. The Morgan fingerprint density at radius 1 is 1.29 bits per heavy atom. The number of hydrogen-bond acceptors (Lipinski definition) is 2. The second kappa shape index (κ2) is 5.69. The number of pyridine rings is 1. The van der Waals surface area contributed by atoms with Gasteiger partial charge < -0.3 is 4.74 Å². The number of ether oxygens (including phenoxy) is 1. The summed E-state index contributed by atoms with van der Waals surface area (Å²) in [6.07, 6.45) is 4.43. The fourth-order valence-corrected chi connectivity index (χ4v) is 1.77. The van der Waals surface area contributed by atoms with Gasteiger partial charge in [-0.15, -0.1) is 11.6 Å². The van der Waals surface area contributed by atoms with Crippen molar-refractivity contribution in [3.63, 3.8) is 0 Å². The monoisotopic (exact) mass is 247 g/mol. The molecule has 17 heavy (non-hydrogen) atoms. The van der Waals surface area contributed by atoms with Crippen LogP contribution in [0.2, 0.25) is 0 Å². The molecule has 0 unspecified atom stereocenters. The Kier molecular flexibility index (Phi) is 3.99. The van der Waals surface area contributed by atoms with Crippen LogP contribution in [0.4, 0.5) is 0 Å². The van der Waals surface area contributed by atoms with Crippen molar-refractivity contribution >= 4 is 11.6 Å². The quantitative estimate of drug-likeness (QED) is 0.757. The van der Waals surface area contributed by atoms with Crippen LogP contribution in [0.1, 0.15) is 18.1 Å². The van der Waals surface area contributed by atoms with Crippen molar-refractivity contribution in [3.8, 4) is 11.5 Å². The fourth-order valence-electron chi connectivity index (χ4n) is 1.57. The highest BCUT2D eigenvalue weighted by Crippen LogP contribution is 2.26. The van der Waals surface area contributed by atoms with Crippen LogP contribution >= 0.6 is 11.6 Å². The summed E-state index contributed by atoms with van der Waals surface area (Å²) in [4.78, 5) is 4.03. The molecule has 0 saturated heterocycles. The number of aryl methyl sites for hydroxylation is 1. The zero-order valence-electron chi connectivity index (χ0n) is 9.69. The Morgan fingerprint density at radius 3 is 2.94 bits per heavy atom. The fraction of sp³-hybridized carbons (Fsp3) is 0.214. The molecule has 1 heterocycles. The lowest BCUT2D eigenvalue weighted by molar-refractivity contribution is 0.477. The summed E-state index contributed by atoms with van der Waals surface area (Å²) in [7, 11) is 0. The van der Waals surface area contributed by atoms with Crippen molar-refractivity contribution in [2.24, 2.45) is 0 Å². The van der Waals surface area contributed by atoms with Crippen LogP contribution < -0.4 is 4.74 Å². The maximum Gasteiger partial charge on any atom is 0.134 e. The van der Waals surface area contributed by atoms with Crippen LogP contribution in [0.3, 0.4) is 0 Å². The summed E-state index contributed by atoms with van der Waals surface area (Å²) in [5.74, 6) is 2.00. The van der Waals surface area contributed by atoms with Gasteiger partial charge in [0.05, 0.1) is 5.88 Å². The van der Waals surface area contributed by atoms with E-state index in [0.29, 0.717) is 5.88 Å². The number of halogens is 1. The molecule has 0 aliphatic carbocycles. The molecule has 88 valence electrons. The van der Waals surface area contributed by atoms with E-state index in [1.165, 1.54) is 5.56 Å². The van der Waals surface area contributed by atoms with Gasteiger partial charge in [-0.25, -0.2) is 0 Å². The van der Waals surface area contributed by atoms with Gasteiger partial charge in [0.15, 0.2) is 0 Å². The molecule has 2 nitrogen and oxygen atoms in total. The van der Waals surface area contributed by atoms with Crippen molar-refractivity contribution < 1.29 is 4.74 Å². The Morgan fingerprint density at radius 2 is 2.18 bits per heavy atom. The van der Waals surface area contributed by atoms with Gasteiger partial charge in [-0.3, -0.25) is 4.98 Å². The van der Waals surface area contributed by atoms with Crippen LogP contribution in [-0.4, -0.2) is 4.98 Å². The minimum atomic E-state index is 0.399. The molecule has 1 aromatic heterocycles. The molecule has 0 N–H and O–H groups in total. The first-order valence-corrected chi connectivity index (χ1v) is 6.12. The third kappa shape index (κ3) is 2.98. The smallest absolute Gasteiger partial charge is 0.134 e. The second-order valence-electron chi connectivity index (χ2n) is 3.72. The Bertz CT molecular complexity index is 499. The number of benzene rings is 1. The van der Waals surface area contributed by atoms with E-state index in [1.807, 2.05) is 24.3 Å². The number of aromatic nitrogens is 1. The summed E-state index contributed by atoms with van der Waals surface area (Å²) in [5, 5.41) is 0. The summed E-state index contributed by atoms with van der Waals surface area (Å²) in [5.41, 5.74) is 2.15. The van der Waals surface area contributed by atoms with Crippen molar-refractivity contribution in [1.29, 1.82) is 0 Å². The van der Waals surface area contributed by atoms with Crippen molar-refractivity contribution in [2.75, 3.05) is 0 Å². The standard InChI is InChI=1S/C14H14ClNO/c1-2-11-4-3-5-13(8-11)17-14-6-7-16-10-12(14)9-15/h3-8,10H,2,9H2,1H3. The van der Waals surface area contributed by atoms with E-state index in [-0.39, 0.29) is 0 Å².